The quantitative estimate of drug-likeness (QED) is 0.484. The molecule has 32 heavy (non-hydrogen) atoms. The van der Waals surface area contributed by atoms with Crippen molar-refractivity contribution in [1.82, 2.24) is 4.31 Å². The van der Waals surface area contributed by atoms with E-state index >= 15 is 0 Å². The largest absolute Gasteiger partial charge is 0.452 e. The normalized spacial score (nSPS) is 19.3. The summed E-state index contributed by atoms with van der Waals surface area (Å²) in [5.41, 5.74) is 6.45. The first kappa shape index (κ1) is 24.0. The molecule has 0 aliphatic carbocycles. The van der Waals surface area contributed by atoms with Gasteiger partial charge in [0.15, 0.2) is 6.61 Å². The van der Waals surface area contributed by atoms with Gasteiger partial charge in [0.2, 0.25) is 10.0 Å². The van der Waals surface area contributed by atoms with Crippen LogP contribution >= 0.6 is 11.6 Å². The third-order valence-corrected chi connectivity index (χ3v) is 7.37. The van der Waals surface area contributed by atoms with Gasteiger partial charge >= 0.3 is 5.97 Å². The van der Waals surface area contributed by atoms with E-state index in [2.05, 4.69) is 5.32 Å². The Kier molecular flexibility index (Phi) is 7.43. The van der Waals surface area contributed by atoms with Crippen molar-refractivity contribution in [3.05, 3.63) is 53.1 Å². The lowest BCUT2D eigenvalue weighted by Crippen LogP contribution is -2.42. The molecule has 8 nitrogen and oxygen atoms in total. The van der Waals surface area contributed by atoms with E-state index in [9.17, 15) is 18.0 Å². The number of benzene rings is 2. The summed E-state index contributed by atoms with van der Waals surface area (Å²) in [5, 5.41) is 2.89. The molecule has 3 N–H and O–H groups in total. The smallest absolute Gasteiger partial charge is 0.338 e. The molecular formula is C22H26ClN3O5S. The van der Waals surface area contributed by atoms with Crippen molar-refractivity contribution in [2.24, 2.45) is 11.8 Å². The Hall–Kier alpha value is -2.62. The number of hydrogen-bond acceptors (Lipinski definition) is 6. The fourth-order valence-corrected chi connectivity index (χ4v) is 5.54. The number of rotatable bonds is 6. The van der Waals surface area contributed by atoms with E-state index in [0.29, 0.717) is 35.6 Å². The number of nitrogens with zero attached hydrogens (tertiary/aromatic N) is 1. The average Bonchev–Trinajstić information content (AvgIpc) is 2.73. The molecule has 2 unspecified atom stereocenters. The van der Waals surface area contributed by atoms with Crippen molar-refractivity contribution in [2.45, 2.75) is 25.2 Å². The molecule has 1 aliphatic heterocycles. The zero-order valence-corrected chi connectivity index (χ0v) is 19.4. The highest BCUT2D eigenvalue weighted by Gasteiger charge is 2.31. The summed E-state index contributed by atoms with van der Waals surface area (Å²) in [6, 6.07) is 10.2. The summed E-state index contributed by atoms with van der Waals surface area (Å²) in [5.74, 6) is -0.664. The predicted molar refractivity (Wildman–Crippen MR) is 123 cm³/mol. The van der Waals surface area contributed by atoms with E-state index in [4.69, 9.17) is 22.1 Å². The standard InChI is InChI=1S/C22H26ClN3O5S/c1-14-9-15(2)12-26(11-14)32(29,30)18-6-4-17(5-7-18)25-21(27)13-31-22(28)16-3-8-19(23)20(24)10-16/h3-8,10,14-15H,9,11-13,24H2,1-2H3,(H,25,27). The number of carbonyl (C=O) groups is 2. The maximum absolute atomic E-state index is 12.9. The van der Waals surface area contributed by atoms with Gasteiger partial charge in [-0.25, -0.2) is 13.2 Å². The Balaban J connectivity index is 1.57. The van der Waals surface area contributed by atoms with E-state index in [0.717, 1.165) is 6.42 Å². The van der Waals surface area contributed by atoms with Crippen molar-refractivity contribution in [3.8, 4) is 0 Å². The van der Waals surface area contributed by atoms with Gasteiger partial charge in [0, 0.05) is 18.8 Å². The Morgan fingerprint density at radius 1 is 1.12 bits per heavy atom. The van der Waals surface area contributed by atoms with E-state index in [1.807, 2.05) is 13.8 Å². The molecule has 1 heterocycles. The maximum Gasteiger partial charge on any atom is 0.338 e. The number of carbonyl (C=O) groups excluding carboxylic acids is 2. The van der Waals surface area contributed by atoms with E-state index in [1.54, 1.807) is 0 Å². The molecule has 1 saturated heterocycles. The first-order chi connectivity index (χ1) is 15.1. The summed E-state index contributed by atoms with van der Waals surface area (Å²) in [6.45, 7) is 4.58. The second-order valence-corrected chi connectivity index (χ2v) is 10.5. The van der Waals surface area contributed by atoms with Crippen LogP contribution in [0.1, 0.15) is 30.6 Å². The fourth-order valence-electron chi connectivity index (χ4n) is 3.74. The Bertz CT molecular complexity index is 1100. The van der Waals surface area contributed by atoms with Crippen LogP contribution in [0.3, 0.4) is 0 Å². The highest BCUT2D eigenvalue weighted by Crippen LogP contribution is 2.27. The van der Waals surface area contributed by atoms with Crippen molar-refractivity contribution < 1.29 is 22.7 Å². The molecule has 0 aromatic heterocycles. The van der Waals surface area contributed by atoms with Crippen LogP contribution in [0, 0.1) is 11.8 Å². The van der Waals surface area contributed by atoms with Gasteiger partial charge in [0.05, 0.1) is 21.2 Å². The van der Waals surface area contributed by atoms with Crippen molar-refractivity contribution in [2.75, 3.05) is 30.7 Å². The predicted octanol–water partition coefficient (Wildman–Crippen LogP) is 3.38. The number of hydrogen-bond donors (Lipinski definition) is 2. The monoisotopic (exact) mass is 479 g/mol. The van der Waals surface area contributed by atoms with Crippen LogP contribution in [0.2, 0.25) is 5.02 Å². The first-order valence-electron chi connectivity index (χ1n) is 10.2. The second kappa shape index (κ2) is 9.89. The number of anilines is 2. The lowest BCUT2D eigenvalue weighted by molar-refractivity contribution is -0.119. The molecule has 2 aromatic carbocycles. The van der Waals surface area contributed by atoms with Gasteiger partial charge in [-0.1, -0.05) is 25.4 Å². The highest BCUT2D eigenvalue weighted by atomic mass is 35.5. The summed E-state index contributed by atoms with van der Waals surface area (Å²) in [7, 11) is -3.60. The third-order valence-electron chi connectivity index (χ3n) is 5.18. The number of ether oxygens (including phenoxy) is 1. The van der Waals surface area contributed by atoms with Crippen LogP contribution < -0.4 is 11.1 Å². The van der Waals surface area contributed by atoms with Gasteiger partial charge < -0.3 is 15.8 Å². The minimum absolute atomic E-state index is 0.170. The summed E-state index contributed by atoms with van der Waals surface area (Å²) < 4.78 is 32.4. The van der Waals surface area contributed by atoms with Crippen LogP contribution in [0.15, 0.2) is 47.4 Å². The lowest BCUT2D eigenvalue weighted by atomic mass is 9.94. The maximum atomic E-state index is 12.9. The number of nitrogens with one attached hydrogen (secondary N) is 1. The molecular weight excluding hydrogens is 454 g/mol. The molecule has 0 spiro atoms. The van der Waals surface area contributed by atoms with Gasteiger partial charge in [-0.05, 0) is 60.7 Å². The average molecular weight is 480 g/mol. The zero-order valence-electron chi connectivity index (χ0n) is 17.9. The van der Waals surface area contributed by atoms with E-state index < -0.39 is 28.5 Å². The van der Waals surface area contributed by atoms with Crippen LogP contribution in [-0.4, -0.2) is 44.3 Å². The van der Waals surface area contributed by atoms with Crippen molar-refractivity contribution in [3.63, 3.8) is 0 Å². The zero-order chi connectivity index (χ0) is 23.5. The molecule has 1 fully saturated rings. The van der Waals surface area contributed by atoms with Gasteiger partial charge in [-0.15, -0.1) is 0 Å². The van der Waals surface area contributed by atoms with Crippen LogP contribution in [-0.2, 0) is 19.6 Å². The number of sulfonamides is 1. The Morgan fingerprint density at radius 2 is 1.75 bits per heavy atom. The number of nitrogen functional groups attached to an aromatic ring is 1. The van der Waals surface area contributed by atoms with Crippen molar-refractivity contribution >= 4 is 44.9 Å². The third kappa shape index (κ3) is 5.79. The Morgan fingerprint density at radius 3 is 2.34 bits per heavy atom. The van der Waals surface area contributed by atoms with Gasteiger partial charge in [-0.2, -0.15) is 4.31 Å². The molecule has 10 heteroatoms. The van der Waals surface area contributed by atoms with Gasteiger partial charge in [0.1, 0.15) is 0 Å². The Labute approximate surface area is 192 Å². The molecule has 0 bridgehead atoms. The van der Waals surface area contributed by atoms with Gasteiger partial charge in [0.25, 0.3) is 5.91 Å². The van der Waals surface area contributed by atoms with E-state index in [1.165, 1.54) is 46.8 Å². The molecule has 2 aromatic rings. The van der Waals surface area contributed by atoms with Crippen molar-refractivity contribution in [1.29, 1.82) is 0 Å². The lowest BCUT2D eigenvalue weighted by Gasteiger charge is -2.34. The minimum atomic E-state index is -3.60. The molecule has 0 saturated carbocycles. The van der Waals surface area contributed by atoms with Gasteiger partial charge in [-0.3, -0.25) is 4.79 Å². The SMILES string of the molecule is CC1CC(C)CN(S(=O)(=O)c2ccc(NC(=O)COC(=O)c3ccc(Cl)c(N)c3)cc2)C1. The molecule has 172 valence electrons. The van der Waals surface area contributed by atoms with Crippen LogP contribution in [0.5, 0.6) is 0 Å². The number of nitrogens with two attached hydrogens (primary N) is 1. The first-order valence-corrected chi connectivity index (χ1v) is 12.0. The fraction of sp³-hybridized carbons (Fsp3) is 0.364. The number of halogens is 1. The molecule has 3 rings (SSSR count). The molecule has 1 aliphatic rings. The number of piperidine rings is 1. The molecule has 1 amide bonds. The van der Waals surface area contributed by atoms with Crippen LogP contribution in [0.4, 0.5) is 11.4 Å². The number of amides is 1. The highest BCUT2D eigenvalue weighted by molar-refractivity contribution is 7.89. The minimum Gasteiger partial charge on any atom is -0.452 e. The second-order valence-electron chi connectivity index (χ2n) is 8.15. The summed E-state index contributed by atoms with van der Waals surface area (Å²) >= 11 is 5.82. The number of esters is 1. The summed E-state index contributed by atoms with van der Waals surface area (Å²) in [4.78, 5) is 24.3. The molecule has 0 radical (unpaired) electrons. The topological polar surface area (TPSA) is 119 Å². The van der Waals surface area contributed by atoms with Crippen LogP contribution in [0.25, 0.3) is 0 Å². The summed E-state index contributed by atoms with van der Waals surface area (Å²) in [6.07, 6.45) is 1.01. The van der Waals surface area contributed by atoms with E-state index in [-0.39, 0.29) is 16.1 Å². The molecule has 2 atom stereocenters.